The summed E-state index contributed by atoms with van der Waals surface area (Å²) in [5.74, 6) is 0. The highest BCUT2D eigenvalue weighted by Crippen LogP contribution is 2.23. The summed E-state index contributed by atoms with van der Waals surface area (Å²) in [6, 6.07) is 8.41. The number of rotatable bonds is 3. The lowest BCUT2D eigenvalue weighted by Crippen LogP contribution is -2.51. The van der Waals surface area contributed by atoms with Crippen LogP contribution in [0.4, 0.5) is 5.69 Å². The first kappa shape index (κ1) is 11.4. The fraction of sp³-hybridized carbons (Fsp3) is 0.538. The van der Waals surface area contributed by atoms with Crippen molar-refractivity contribution in [2.75, 3.05) is 25.1 Å². The largest absolute Gasteiger partial charge is 0.379 e. The molecule has 0 amide bonds. The molecule has 1 heterocycles. The van der Waals surface area contributed by atoms with Gasteiger partial charge in [-0.25, -0.2) is 0 Å². The summed E-state index contributed by atoms with van der Waals surface area (Å²) in [5.41, 5.74) is 8.19. The molecule has 0 radical (unpaired) electrons. The van der Waals surface area contributed by atoms with Crippen LogP contribution in [0.5, 0.6) is 0 Å². The van der Waals surface area contributed by atoms with E-state index in [0.717, 1.165) is 25.1 Å². The molecule has 0 spiro atoms. The minimum Gasteiger partial charge on any atom is -0.379 e. The normalized spacial score (nSPS) is 25.4. The predicted molar refractivity (Wildman–Crippen MR) is 66.6 cm³/mol. The zero-order valence-electron chi connectivity index (χ0n) is 9.83. The molecular weight excluding hydrogens is 200 g/mol. The summed E-state index contributed by atoms with van der Waals surface area (Å²) < 4.78 is 5.53. The molecule has 1 aliphatic rings. The molecule has 2 rings (SSSR count). The monoisotopic (exact) mass is 220 g/mol. The minimum absolute atomic E-state index is 0.0759. The van der Waals surface area contributed by atoms with Crippen molar-refractivity contribution in [3.8, 4) is 0 Å². The van der Waals surface area contributed by atoms with Gasteiger partial charge in [0.2, 0.25) is 0 Å². The van der Waals surface area contributed by atoms with Crippen molar-refractivity contribution in [3.63, 3.8) is 0 Å². The highest BCUT2D eigenvalue weighted by Gasteiger charge is 2.31. The smallest absolute Gasteiger partial charge is 0.0729 e. The maximum atomic E-state index is 5.87. The summed E-state index contributed by atoms with van der Waals surface area (Å²) in [5, 5.41) is 3.52. The van der Waals surface area contributed by atoms with E-state index in [2.05, 4.69) is 36.5 Å². The third-order valence-corrected chi connectivity index (χ3v) is 3.17. The zero-order valence-corrected chi connectivity index (χ0v) is 9.83. The highest BCUT2D eigenvalue weighted by molar-refractivity contribution is 5.47. The first-order chi connectivity index (χ1) is 7.74. The van der Waals surface area contributed by atoms with Crippen LogP contribution in [0.15, 0.2) is 24.3 Å². The SMILES string of the molecule is Cc1ccc(NC2(CN)CCCOC2)cc1. The van der Waals surface area contributed by atoms with Crippen molar-refractivity contribution in [2.24, 2.45) is 5.73 Å². The van der Waals surface area contributed by atoms with Gasteiger partial charge in [-0.15, -0.1) is 0 Å². The maximum Gasteiger partial charge on any atom is 0.0729 e. The number of nitrogens with one attached hydrogen (secondary N) is 1. The molecule has 1 saturated heterocycles. The average Bonchev–Trinajstić information content (AvgIpc) is 2.33. The Morgan fingerprint density at radius 2 is 2.12 bits per heavy atom. The molecule has 1 atom stereocenters. The number of aryl methyl sites for hydroxylation is 1. The summed E-state index contributed by atoms with van der Waals surface area (Å²) in [7, 11) is 0. The van der Waals surface area contributed by atoms with Crippen LogP contribution in [0.1, 0.15) is 18.4 Å². The quantitative estimate of drug-likeness (QED) is 0.818. The maximum absolute atomic E-state index is 5.87. The molecule has 3 N–H and O–H groups in total. The Morgan fingerprint density at radius 3 is 2.69 bits per heavy atom. The fourth-order valence-electron chi connectivity index (χ4n) is 2.11. The zero-order chi connectivity index (χ0) is 11.4. The number of benzene rings is 1. The lowest BCUT2D eigenvalue weighted by Gasteiger charge is -2.37. The average molecular weight is 220 g/mol. The molecule has 3 heteroatoms. The van der Waals surface area contributed by atoms with Crippen molar-refractivity contribution in [2.45, 2.75) is 25.3 Å². The van der Waals surface area contributed by atoms with E-state index in [4.69, 9.17) is 10.5 Å². The van der Waals surface area contributed by atoms with E-state index in [1.807, 2.05) is 0 Å². The van der Waals surface area contributed by atoms with Crippen LogP contribution in [-0.4, -0.2) is 25.3 Å². The fourth-order valence-corrected chi connectivity index (χ4v) is 2.11. The Hall–Kier alpha value is -1.06. The second kappa shape index (κ2) is 4.85. The molecule has 16 heavy (non-hydrogen) atoms. The van der Waals surface area contributed by atoms with Gasteiger partial charge in [-0.05, 0) is 31.9 Å². The minimum atomic E-state index is -0.0759. The molecule has 1 unspecified atom stereocenters. The van der Waals surface area contributed by atoms with Crippen LogP contribution in [0, 0.1) is 6.92 Å². The lowest BCUT2D eigenvalue weighted by atomic mass is 9.92. The Bertz CT molecular complexity index is 328. The van der Waals surface area contributed by atoms with Gasteiger partial charge in [0.1, 0.15) is 0 Å². The number of ether oxygens (including phenoxy) is 1. The van der Waals surface area contributed by atoms with Crippen LogP contribution >= 0.6 is 0 Å². The topological polar surface area (TPSA) is 47.3 Å². The van der Waals surface area contributed by atoms with E-state index in [1.165, 1.54) is 5.56 Å². The highest BCUT2D eigenvalue weighted by atomic mass is 16.5. The van der Waals surface area contributed by atoms with Crippen LogP contribution in [0.25, 0.3) is 0 Å². The van der Waals surface area contributed by atoms with Gasteiger partial charge < -0.3 is 15.8 Å². The Balaban J connectivity index is 2.08. The van der Waals surface area contributed by atoms with Crippen LogP contribution in [0.3, 0.4) is 0 Å². The van der Waals surface area contributed by atoms with Gasteiger partial charge in [0.05, 0.1) is 12.1 Å². The lowest BCUT2D eigenvalue weighted by molar-refractivity contribution is 0.0502. The second-order valence-corrected chi connectivity index (χ2v) is 4.63. The van der Waals surface area contributed by atoms with Gasteiger partial charge in [-0.3, -0.25) is 0 Å². The number of hydrogen-bond donors (Lipinski definition) is 2. The van der Waals surface area contributed by atoms with Crippen molar-refractivity contribution >= 4 is 5.69 Å². The second-order valence-electron chi connectivity index (χ2n) is 4.63. The van der Waals surface area contributed by atoms with Gasteiger partial charge in [-0.2, -0.15) is 0 Å². The van der Waals surface area contributed by atoms with Gasteiger partial charge in [0, 0.05) is 18.8 Å². The van der Waals surface area contributed by atoms with E-state index >= 15 is 0 Å². The molecule has 0 aromatic heterocycles. The molecular formula is C13H20N2O. The van der Waals surface area contributed by atoms with Crippen molar-refractivity contribution in [1.82, 2.24) is 0 Å². The Labute approximate surface area is 97.0 Å². The van der Waals surface area contributed by atoms with Gasteiger partial charge in [0.25, 0.3) is 0 Å². The van der Waals surface area contributed by atoms with E-state index in [9.17, 15) is 0 Å². The molecule has 88 valence electrons. The number of nitrogens with two attached hydrogens (primary N) is 1. The molecule has 1 aromatic rings. The standard InChI is InChI=1S/C13H20N2O/c1-11-3-5-12(6-4-11)15-13(9-14)7-2-8-16-10-13/h3-6,15H,2,7-10,14H2,1H3. The Kier molecular flexibility index (Phi) is 3.46. The van der Waals surface area contributed by atoms with Crippen LogP contribution in [0.2, 0.25) is 0 Å². The third-order valence-electron chi connectivity index (χ3n) is 3.17. The number of anilines is 1. The summed E-state index contributed by atoms with van der Waals surface area (Å²) in [6.45, 7) is 4.27. The van der Waals surface area contributed by atoms with Crippen molar-refractivity contribution in [1.29, 1.82) is 0 Å². The molecule has 0 saturated carbocycles. The molecule has 3 nitrogen and oxygen atoms in total. The molecule has 1 fully saturated rings. The summed E-state index contributed by atoms with van der Waals surface area (Å²) in [4.78, 5) is 0. The van der Waals surface area contributed by atoms with E-state index in [0.29, 0.717) is 13.2 Å². The first-order valence-corrected chi connectivity index (χ1v) is 5.87. The van der Waals surface area contributed by atoms with Crippen LogP contribution in [-0.2, 0) is 4.74 Å². The van der Waals surface area contributed by atoms with Gasteiger partial charge >= 0.3 is 0 Å². The van der Waals surface area contributed by atoms with Gasteiger partial charge in [0.15, 0.2) is 0 Å². The first-order valence-electron chi connectivity index (χ1n) is 5.87. The van der Waals surface area contributed by atoms with E-state index in [1.54, 1.807) is 0 Å². The molecule has 1 aromatic carbocycles. The summed E-state index contributed by atoms with van der Waals surface area (Å²) in [6.07, 6.45) is 2.16. The summed E-state index contributed by atoms with van der Waals surface area (Å²) >= 11 is 0. The van der Waals surface area contributed by atoms with E-state index < -0.39 is 0 Å². The Morgan fingerprint density at radius 1 is 1.38 bits per heavy atom. The third kappa shape index (κ3) is 2.54. The predicted octanol–water partition coefficient (Wildman–Crippen LogP) is 1.91. The number of hydrogen-bond acceptors (Lipinski definition) is 3. The van der Waals surface area contributed by atoms with Gasteiger partial charge in [-0.1, -0.05) is 17.7 Å². The van der Waals surface area contributed by atoms with Crippen molar-refractivity contribution in [3.05, 3.63) is 29.8 Å². The van der Waals surface area contributed by atoms with Crippen LogP contribution < -0.4 is 11.1 Å². The molecule has 0 aliphatic carbocycles. The molecule has 0 bridgehead atoms. The van der Waals surface area contributed by atoms with Crippen molar-refractivity contribution < 1.29 is 4.74 Å². The molecule has 1 aliphatic heterocycles. The van der Waals surface area contributed by atoms with E-state index in [-0.39, 0.29) is 5.54 Å².